The first-order chi connectivity index (χ1) is 68.2. The summed E-state index contributed by atoms with van der Waals surface area (Å²) in [5.41, 5.74) is 8.00. The highest BCUT2D eigenvalue weighted by atomic mass is 35.5. The van der Waals surface area contributed by atoms with Crippen LogP contribution >= 0.6 is 175 Å². The zero-order valence-corrected chi connectivity index (χ0v) is 98.8. The first kappa shape index (κ1) is 137. The second-order valence-electron chi connectivity index (χ2n) is 35.1. The average molecular weight is 2350 g/mol. The third kappa shape index (κ3) is 79.4. The monoisotopic (exact) mass is 2340 g/mol. The number of carboxylic acids is 3. The highest BCUT2D eigenvalue weighted by molar-refractivity contribution is 8.77. The number of amides is 11. The predicted molar refractivity (Wildman–Crippen MR) is 604 cm³/mol. The van der Waals surface area contributed by atoms with Crippen LogP contribution in [-0.2, 0) is 90.9 Å². The number of carbonyl (C=O) groups is 19. The van der Waals surface area contributed by atoms with Crippen LogP contribution in [0.15, 0.2) is 0 Å². The molecule has 3 aliphatic rings. The zero-order valence-electron chi connectivity index (χ0n) is 87.7. The molecular weight excluding hydrogens is 2180 g/mol. The number of hydrogen-bond donors (Lipinski definition) is 18. The molecule has 0 aromatic heterocycles. The summed E-state index contributed by atoms with van der Waals surface area (Å²) in [5.74, 6) is -2.53. The molecule has 0 bridgehead atoms. The minimum atomic E-state index is -1.25. The molecular formula is C87H156ClN15O26P3S12-3. The van der Waals surface area contributed by atoms with Gasteiger partial charge in [-0.2, -0.15) is 74.7 Å². The van der Waals surface area contributed by atoms with Gasteiger partial charge in [0, 0.05) is 209 Å². The molecule has 0 aromatic rings. The lowest BCUT2D eigenvalue weighted by atomic mass is 9.99. The molecule has 41 nitrogen and oxygen atoms in total. The van der Waals surface area contributed by atoms with E-state index in [4.69, 9.17) is 39.6 Å². The molecule has 0 radical (unpaired) electrons. The maximum atomic E-state index is 13.2. The first-order valence-electron chi connectivity index (χ1n) is 47.3. The number of carboxylic acid groups (broad SMARTS) is 3. The zero-order chi connectivity index (χ0) is 111. The van der Waals surface area contributed by atoms with E-state index in [0.29, 0.717) is 39.8 Å². The highest BCUT2D eigenvalue weighted by Gasteiger charge is 2.36. The van der Waals surface area contributed by atoms with Gasteiger partial charge in [-0.1, -0.05) is 64.8 Å². The van der Waals surface area contributed by atoms with Crippen molar-refractivity contribution >= 4 is 288 Å². The standard InChI is InChI=1S/C30H50N6O8P2S4.C26H48N4O6S4.C16H28N2O8S2.C8H18N2S2.C7H11NO4P.ClH/c1-19(37)22(35-28(42)7-5-26(40)33-13-20(38)15-45)17-49-50-18-23(36-29(43)8-6-27(41)34-14-21(39)16-46)30(44)32-10-12-48-25-4-3-24(25)47-11-9-31-2;1-17(31)18(29-23(33)35-25(2,3)4)15-39-40-16-19(30-24(34)36-26(5,6)7)22(32)28-12-14-38-21-10-9-20(21)37-13-11-27-8;1-15(2,3)25-13(23)17-9(11(19)20)7-27-28-8-10(12(21)22)18-14(24)26-16(4,5)6;9-3-5-11-7-1-2-8(7)12-6-4-10;9-5(4-13)3-8-6(10)1-2-7(11)12;/h15-16,22-25,31H,3-14,17-18,45-46H2,1-2H3,(H,32,44)(H,33,40)(H,34,41)(H,35,42)(H,36,43);18-21,27H,9-16H2,1-8H3,(H,28,32)(H,29,33)(H,30,34);9-10H,7-8H2,1-6H3,(H,17,23)(H,18,24)(H,19,20)(H,21,22);7-8H,1-6,9-10H2;4H,1-3,13H2,(H,8,10)(H,11,12);1H/q-2;;;;-1;/i15T,16T;;;;4T;. The van der Waals surface area contributed by atoms with E-state index in [1.165, 1.54) is 89.1 Å². The van der Waals surface area contributed by atoms with Crippen LogP contribution in [0.3, 0.4) is 0 Å². The van der Waals surface area contributed by atoms with Crippen molar-refractivity contribution in [3.8, 4) is 0 Å². The number of nitrogens with two attached hydrogens (primary N) is 2. The van der Waals surface area contributed by atoms with Crippen molar-refractivity contribution in [2.24, 2.45) is 11.5 Å². The van der Waals surface area contributed by atoms with Gasteiger partial charge in [0.1, 0.15) is 52.6 Å². The molecule has 3 aliphatic carbocycles. The molecule has 832 valence electrons. The Labute approximate surface area is 915 Å². The van der Waals surface area contributed by atoms with Crippen LogP contribution in [0.4, 0.5) is 19.2 Å². The maximum Gasteiger partial charge on any atom is 0.408 e. The highest BCUT2D eigenvalue weighted by Crippen LogP contribution is 2.42. The van der Waals surface area contributed by atoms with E-state index in [-0.39, 0.29) is 141 Å². The number of alkyl carbamates (subject to hydrolysis) is 4. The Morgan fingerprint density at radius 2 is 0.562 bits per heavy atom. The maximum absolute atomic E-state index is 13.2. The summed E-state index contributed by atoms with van der Waals surface area (Å²) in [6, 6.07) is -5.82. The number of thioether (sulfide) groups is 6. The van der Waals surface area contributed by atoms with Crippen molar-refractivity contribution in [2.45, 2.75) is 264 Å². The summed E-state index contributed by atoms with van der Waals surface area (Å²) in [6.45, 7) is 26.6. The van der Waals surface area contributed by atoms with Crippen molar-refractivity contribution in [3.63, 3.8) is 0 Å². The quantitative estimate of drug-likeness (QED) is 0.00917. The molecule has 11 amide bonds. The number of carbonyl (C=O) groups excluding carboxylic acids is 16. The lowest BCUT2D eigenvalue weighted by Gasteiger charge is -2.35. The van der Waals surface area contributed by atoms with Gasteiger partial charge in [0.25, 0.3) is 0 Å². The number of nitrogens with one attached hydrogen (secondary N) is 13. The van der Waals surface area contributed by atoms with Crippen molar-refractivity contribution in [1.82, 2.24) is 69.1 Å². The Kier molecular flexibility index (Phi) is 79.2. The molecule has 3 fully saturated rings. The number of ether oxygens (including phenoxy) is 4. The Balaban J connectivity index is -0.00000192. The summed E-state index contributed by atoms with van der Waals surface area (Å²) in [7, 11) is 16.8. The van der Waals surface area contributed by atoms with Gasteiger partial charge < -0.3 is 148 Å². The number of halogens is 1. The Morgan fingerprint density at radius 1 is 0.340 bits per heavy atom. The van der Waals surface area contributed by atoms with Gasteiger partial charge in [0.2, 0.25) is 41.4 Å². The molecule has 3 saturated carbocycles. The second-order valence-corrected chi connectivity index (χ2v) is 51.7. The molecule has 0 heterocycles. The fourth-order valence-electron chi connectivity index (χ4n) is 10.4. The fraction of sp³-hybridized carbons (Fsp3) is 0.747. The van der Waals surface area contributed by atoms with E-state index in [9.17, 15) is 101 Å². The van der Waals surface area contributed by atoms with Crippen LogP contribution in [0.2, 0.25) is 0 Å². The third-order valence-corrected chi connectivity index (χ3v) is 35.4. The van der Waals surface area contributed by atoms with Crippen LogP contribution in [0.25, 0.3) is 0 Å². The normalized spacial score (nSPS) is 16.9. The van der Waals surface area contributed by atoms with Crippen molar-refractivity contribution in [3.05, 3.63) is 18.4 Å². The summed E-state index contributed by atoms with van der Waals surface area (Å²) >= 11 is 11.7. The fourth-order valence-corrected chi connectivity index (χ4v) is 26.4. The average Bonchev–Trinajstić information content (AvgIpc) is 0.860. The van der Waals surface area contributed by atoms with Gasteiger partial charge in [0.15, 0.2) is 11.6 Å². The van der Waals surface area contributed by atoms with Crippen molar-refractivity contribution in [2.75, 3.05) is 142 Å². The van der Waals surface area contributed by atoms with Gasteiger partial charge in [-0.3, -0.25) is 75.7 Å². The minimum absolute atomic E-state index is 0. The molecule has 15 atom stereocenters. The summed E-state index contributed by atoms with van der Waals surface area (Å²) in [4.78, 5) is 225. The van der Waals surface area contributed by atoms with Crippen molar-refractivity contribution < 1.29 is 129 Å². The van der Waals surface area contributed by atoms with E-state index in [1.54, 1.807) is 83.1 Å². The van der Waals surface area contributed by atoms with Crippen LogP contribution in [0.5, 0.6) is 0 Å². The Hall–Kier alpha value is -4.64. The van der Waals surface area contributed by atoms with Crippen molar-refractivity contribution in [1.29, 1.82) is 0 Å². The number of rotatable bonds is 67. The van der Waals surface area contributed by atoms with Gasteiger partial charge in [0.05, 0.1) is 12.5 Å². The van der Waals surface area contributed by atoms with Crippen LogP contribution in [0, 0.1) is 18.4 Å². The molecule has 0 aromatic carbocycles. The lowest BCUT2D eigenvalue weighted by Crippen LogP contribution is -2.50. The van der Waals surface area contributed by atoms with E-state index >= 15 is 0 Å². The molecule has 15 unspecified atom stereocenters. The van der Waals surface area contributed by atoms with E-state index in [0.717, 1.165) is 93.5 Å². The van der Waals surface area contributed by atoms with Crippen LogP contribution < -0.4 is 80.6 Å². The molecule has 20 N–H and O–H groups in total. The number of aliphatic carboxylic acids is 3. The van der Waals surface area contributed by atoms with Gasteiger partial charge in [-0.05, 0) is 150 Å². The van der Waals surface area contributed by atoms with E-state index in [2.05, 4.69) is 69.1 Å². The number of ketones is 5. The largest absolute Gasteiger partial charge is 0.481 e. The first-order valence-corrected chi connectivity index (χ1v) is 61.3. The lowest BCUT2D eigenvalue weighted by molar-refractivity contribution is -0.139. The molecule has 0 aliphatic heterocycles. The molecule has 144 heavy (non-hydrogen) atoms. The van der Waals surface area contributed by atoms with Gasteiger partial charge in [-0.25, -0.2) is 28.8 Å². The van der Waals surface area contributed by atoms with Crippen LogP contribution in [0.1, 0.15) is 178 Å². The minimum Gasteiger partial charge on any atom is -0.481 e. The second kappa shape index (κ2) is 83.0. The Morgan fingerprint density at radius 3 is 0.806 bits per heavy atom. The molecule has 0 spiro atoms. The number of Topliss-reactive ketones (excluding diaryl/α,β-unsaturated/α-hetero) is 5. The summed E-state index contributed by atoms with van der Waals surface area (Å²) < 4.78 is 42.0. The Bertz CT molecular complexity index is 3970. The molecule has 57 heteroatoms. The van der Waals surface area contributed by atoms with E-state index < -0.39 is 154 Å². The number of hydrogen-bond acceptors (Lipinski definition) is 39. The molecule has 0 saturated heterocycles. The van der Waals surface area contributed by atoms with E-state index in [1.807, 2.05) is 112 Å². The predicted octanol–water partition coefficient (Wildman–Crippen LogP) is 7.56. The SMILES string of the molecule is CC(C)(C)OC(=O)NC(CSSCC(NC(=O)OC(C)(C)C)C(=O)O)C(=O)O.CNCCSC1CCC1SCCNC(=O)C(CSSCC(NC(=O)OC(C)(C)C)C(C)=O)NC(=O)OC(C)(C)C.Cl.NCCSC1CCC1SCCN.[3H][C-](P)C(=O)CNC(=O)CCC(=O)NC(CSSCC(NC(=O)CCC(=O)NCC(=O)[C-]([3H])P)C(=O)NCCSC1CCC1SCCNC)C(C)=O.[3H][C-](P)C(=O)CNC(=O)CCC(=O)O. The summed E-state index contributed by atoms with van der Waals surface area (Å²) in [6.07, 6.45) is 2.36. The summed E-state index contributed by atoms with van der Waals surface area (Å²) in [5, 5.41) is 64.8. The van der Waals surface area contributed by atoms with Gasteiger partial charge in [-0.15, -0.1) is 12.4 Å². The molecule has 3 rings (SSSR count). The third-order valence-electron chi connectivity index (χ3n) is 18.0. The van der Waals surface area contributed by atoms with Gasteiger partial charge >= 0.3 is 42.3 Å². The van der Waals surface area contributed by atoms with Crippen LogP contribution in [-0.4, -0.2) is 360 Å². The smallest absolute Gasteiger partial charge is 0.408 e. The topological polar surface area (TPSA) is 630 Å².